The molecule has 5 rings (SSSR count). The van der Waals surface area contributed by atoms with Crippen molar-refractivity contribution in [2.75, 3.05) is 37.8 Å². The highest BCUT2D eigenvalue weighted by Gasteiger charge is 2.27. The monoisotopic (exact) mass is 569 g/mol. The van der Waals surface area contributed by atoms with E-state index in [1.165, 1.54) is 11.1 Å². The summed E-state index contributed by atoms with van der Waals surface area (Å²) in [6.07, 6.45) is 5.02. The number of fused-ring (bicyclic) bond motifs is 3. The van der Waals surface area contributed by atoms with Gasteiger partial charge >= 0.3 is 0 Å². The highest BCUT2D eigenvalue weighted by atomic mass is 79.9. The quantitative estimate of drug-likeness (QED) is 0.222. The van der Waals surface area contributed by atoms with Crippen LogP contribution in [0.25, 0.3) is 11.3 Å². The number of unbranched alkanes of at least 4 members (excludes halogenated alkanes) is 1. The summed E-state index contributed by atoms with van der Waals surface area (Å²) in [6.45, 7) is 1.95. The van der Waals surface area contributed by atoms with Crippen molar-refractivity contribution in [2.24, 2.45) is 0 Å². The molecule has 0 saturated heterocycles. The summed E-state index contributed by atoms with van der Waals surface area (Å²) < 4.78 is 0.775. The van der Waals surface area contributed by atoms with E-state index in [0.29, 0.717) is 11.5 Å². The van der Waals surface area contributed by atoms with Gasteiger partial charge in [-0.3, -0.25) is 4.79 Å². The number of nitrogens with one attached hydrogen (secondary N) is 2. The first-order valence-electron chi connectivity index (χ1n) is 13.0. The summed E-state index contributed by atoms with van der Waals surface area (Å²) >= 11 is 3.45. The van der Waals surface area contributed by atoms with E-state index in [1.807, 2.05) is 36.5 Å². The average molecular weight is 571 g/mol. The van der Waals surface area contributed by atoms with E-state index < -0.39 is 0 Å². The van der Waals surface area contributed by atoms with Crippen molar-refractivity contribution < 1.29 is 4.79 Å². The number of nitrogens with zero attached hydrogens (tertiary/aromatic N) is 3. The molecular weight excluding hydrogens is 538 g/mol. The first-order chi connectivity index (χ1) is 18.5. The predicted octanol–water partition coefficient (Wildman–Crippen LogP) is 6.60. The van der Waals surface area contributed by atoms with Crippen LogP contribution in [0, 0.1) is 0 Å². The first kappa shape index (κ1) is 26.1. The first-order valence-corrected chi connectivity index (χ1v) is 13.8. The van der Waals surface area contributed by atoms with Crippen molar-refractivity contribution in [3.05, 3.63) is 106 Å². The molecule has 1 amide bonds. The number of halogens is 1. The normalized spacial score (nSPS) is 14.1. The zero-order valence-corrected chi connectivity index (χ0v) is 23.3. The van der Waals surface area contributed by atoms with E-state index in [9.17, 15) is 4.79 Å². The molecule has 0 aliphatic heterocycles. The second kappa shape index (κ2) is 11.9. The third-order valence-electron chi connectivity index (χ3n) is 6.88. The summed E-state index contributed by atoms with van der Waals surface area (Å²) in [4.78, 5) is 24.5. The molecule has 1 unspecified atom stereocenters. The average Bonchev–Trinajstić information content (AvgIpc) is 2.93. The van der Waals surface area contributed by atoms with Crippen LogP contribution in [0.4, 0.5) is 11.6 Å². The minimum Gasteiger partial charge on any atom is -0.354 e. The SMILES string of the molecule is CN(C)CCCCNc1ncc2c(n1)-c1ccccc1C(c1ccc(NC(=O)c3ccccc3Br)cc1)C2. The van der Waals surface area contributed by atoms with E-state index in [4.69, 9.17) is 4.98 Å². The van der Waals surface area contributed by atoms with Crippen molar-refractivity contribution in [1.29, 1.82) is 0 Å². The number of aromatic nitrogens is 2. The zero-order valence-electron chi connectivity index (χ0n) is 21.7. The summed E-state index contributed by atoms with van der Waals surface area (Å²) in [5.74, 6) is 0.744. The topological polar surface area (TPSA) is 70.2 Å². The highest BCUT2D eigenvalue weighted by Crippen LogP contribution is 2.42. The van der Waals surface area contributed by atoms with Crippen LogP contribution in [0.1, 0.15) is 45.8 Å². The number of benzene rings is 3. The molecule has 1 atom stereocenters. The third kappa shape index (κ3) is 5.95. The number of carbonyl (C=O) groups is 1. The molecule has 6 nitrogen and oxygen atoms in total. The summed E-state index contributed by atoms with van der Waals surface area (Å²) in [6, 6.07) is 24.1. The van der Waals surface area contributed by atoms with Crippen molar-refractivity contribution in [3.8, 4) is 11.3 Å². The number of hydrogen-bond acceptors (Lipinski definition) is 5. The Hall–Kier alpha value is -3.55. The molecule has 2 N–H and O–H groups in total. The zero-order chi connectivity index (χ0) is 26.5. The Bertz CT molecular complexity index is 1420. The molecule has 1 aliphatic carbocycles. The molecule has 0 radical (unpaired) electrons. The Morgan fingerprint density at radius 2 is 1.76 bits per heavy atom. The molecule has 7 heteroatoms. The van der Waals surface area contributed by atoms with Gasteiger partial charge in [-0.15, -0.1) is 0 Å². The summed E-state index contributed by atoms with van der Waals surface area (Å²) in [5.41, 5.74) is 7.16. The van der Waals surface area contributed by atoms with Crippen LogP contribution >= 0.6 is 15.9 Å². The lowest BCUT2D eigenvalue weighted by Gasteiger charge is -2.27. The summed E-state index contributed by atoms with van der Waals surface area (Å²) in [7, 11) is 4.20. The lowest BCUT2D eigenvalue weighted by Crippen LogP contribution is -2.17. The molecule has 0 fully saturated rings. The number of anilines is 2. The van der Waals surface area contributed by atoms with Crippen LogP contribution in [-0.4, -0.2) is 48.0 Å². The maximum absolute atomic E-state index is 12.7. The molecule has 3 aromatic carbocycles. The molecule has 38 heavy (non-hydrogen) atoms. The number of hydrogen-bond donors (Lipinski definition) is 2. The largest absolute Gasteiger partial charge is 0.354 e. The molecule has 1 heterocycles. The lowest BCUT2D eigenvalue weighted by molar-refractivity contribution is 0.102. The Kier molecular flexibility index (Phi) is 8.15. The Morgan fingerprint density at radius 3 is 2.55 bits per heavy atom. The van der Waals surface area contributed by atoms with E-state index in [2.05, 4.69) is 86.9 Å². The van der Waals surface area contributed by atoms with Gasteiger partial charge in [-0.05, 0) is 96.8 Å². The van der Waals surface area contributed by atoms with Crippen molar-refractivity contribution in [1.82, 2.24) is 14.9 Å². The maximum Gasteiger partial charge on any atom is 0.256 e. The van der Waals surface area contributed by atoms with E-state index in [0.717, 1.165) is 59.3 Å². The Morgan fingerprint density at radius 1 is 1.00 bits per heavy atom. The van der Waals surface area contributed by atoms with Gasteiger partial charge in [-0.2, -0.15) is 0 Å². The minimum atomic E-state index is -0.138. The molecule has 4 aromatic rings. The van der Waals surface area contributed by atoms with E-state index in [-0.39, 0.29) is 11.8 Å². The summed E-state index contributed by atoms with van der Waals surface area (Å²) in [5, 5.41) is 6.40. The van der Waals surface area contributed by atoms with Gasteiger partial charge in [0.05, 0.1) is 11.3 Å². The molecule has 1 aromatic heterocycles. The van der Waals surface area contributed by atoms with Gasteiger partial charge in [0.1, 0.15) is 0 Å². The smallest absolute Gasteiger partial charge is 0.256 e. The van der Waals surface area contributed by atoms with Gasteiger partial charge in [-0.1, -0.05) is 48.5 Å². The van der Waals surface area contributed by atoms with Gasteiger partial charge in [-0.25, -0.2) is 9.97 Å². The third-order valence-corrected chi connectivity index (χ3v) is 7.58. The van der Waals surface area contributed by atoms with Gasteiger partial charge in [0.2, 0.25) is 5.95 Å². The van der Waals surface area contributed by atoms with Crippen LogP contribution < -0.4 is 10.6 Å². The van der Waals surface area contributed by atoms with E-state index in [1.54, 1.807) is 6.07 Å². The van der Waals surface area contributed by atoms with Crippen LogP contribution in [0.2, 0.25) is 0 Å². The fourth-order valence-corrected chi connectivity index (χ4v) is 5.38. The minimum absolute atomic E-state index is 0.138. The Balaban J connectivity index is 1.31. The van der Waals surface area contributed by atoms with Crippen LogP contribution in [-0.2, 0) is 6.42 Å². The van der Waals surface area contributed by atoms with Crippen LogP contribution in [0.15, 0.2) is 83.5 Å². The van der Waals surface area contributed by atoms with Gasteiger partial charge in [0.15, 0.2) is 0 Å². The van der Waals surface area contributed by atoms with Gasteiger partial charge < -0.3 is 15.5 Å². The molecule has 0 bridgehead atoms. The second-order valence-corrected chi connectivity index (χ2v) is 10.8. The Labute approximate surface area is 232 Å². The van der Waals surface area contributed by atoms with Gasteiger partial charge in [0.25, 0.3) is 5.91 Å². The fourth-order valence-electron chi connectivity index (χ4n) is 4.91. The number of amides is 1. The maximum atomic E-state index is 12.7. The lowest BCUT2D eigenvalue weighted by atomic mass is 9.78. The standard InChI is InChI=1S/C31H32BrN5O/c1-37(2)18-8-7-17-33-31-34-20-22-19-27(24-9-3-4-10-25(24)29(22)36-31)21-13-15-23(16-14-21)35-30(38)26-11-5-6-12-28(26)32/h3-6,9-16,20,27H,7-8,17-19H2,1-2H3,(H,35,38)(H,33,34,36). The molecule has 0 saturated carbocycles. The number of rotatable bonds is 9. The van der Waals surface area contributed by atoms with Crippen LogP contribution in [0.3, 0.4) is 0 Å². The molecule has 1 aliphatic rings. The molecule has 194 valence electrons. The second-order valence-electron chi connectivity index (χ2n) is 9.90. The van der Waals surface area contributed by atoms with Crippen molar-refractivity contribution in [3.63, 3.8) is 0 Å². The highest BCUT2D eigenvalue weighted by molar-refractivity contribution is 9.10. The number of carbonyl (C=O) groups excluding carboxylic acids is 1. The van der Waals surface area contributed by atoms with Crippen LogP contribution in [0.5, 0.6) is 0 Å². The fraction of sp³-hybridized carbons (Fsp3) is 0.258. The van der Waals surface area contributed by atoms with Gasteiger partial charge in [0, 0.05) is 34.4 Å². The molecular formula is C31H32BrN5O. The van der Waals surface area contributed by atoms with Crippen molar-refractivity contribution >= 4 is 33.5 Å². The van der Waals surface area contributed by atoms with E-state index >= 15 is 0 Å². The van der Waals surface area contributed by atoms with Crippen molar-refractivity contribution in [2.45, 2.75) is 25.2 Å². The predicted molar refractivity (Wildman–Crippen MR) is 158 cm³/mol. The molecule has 0 spiro atoms.